The van der Waals surface area contributed by atoms with E-state index in [2.05, 4.69) is 0 Å². The summed E-state index contributed by atoms with van der Waals surface area (Å²) in [6.07, 6.45) is 4.29. The maximum atomic E-state index is 10.4. The van der Waals surface area contributed by atoms with Crippen LogP contribution in [0, 0.1) is 5.92 Å². The lowest BCUT2D eigenvalue weighted by Gasteiger charge is -2.22. The van der Waals surface area contributed by atoms with Crippen molar-refractivity contribution in [1.82, 2.24) is 4.90 Å². The Morgan fingerprint density at radius 2 is 2.07 bits per heavy atom. The topological polar surface area (TPSA) is 60.8 Å². The standard InChI is InChI=1S/C11H21NO3/c1-12(7-9-4-2-3-5-9)8-10(13)6-11(14)15/h9-10,13H,2-8H2,1H3,(H,14,15). The molecule has 2 N–H and O–H groups in total. The van der Waals surface area contributed by atoms with Gasteiger partial charge in [0.2, 0.25) is 0 Å². The molecule has 0 spiro atoms. The first-order valence-corrected chi connectivity index (χ1v) is 5.66. The summed E-state index contributed by atoms with van der Waals surface area (Å²) in [5, 5.41) is 17.9. The van der Waals surface area contributed by atoms with Crippen LogP contribution in [0.3, 0.4) is 0 Å². The molecule has 0 aromatic rings. The zero-order valence-electron chi connectivity index (χ0n) is 9.35. The van der Waals surface area contributed by atoms with Gasteiger partial charge in [-0.25, -0.2) is 0 Å². The van der Waals surface area contributed by atoms with Crippen LogP contribution in [-0.4, -0.2) is 47.3 Å². The lowest BCUT2D eigenvalue weighted by molar-refractivity contribution is -0.139. The van der Waals surface area contributed by atoms with Crippen LogP contribution in [0.4, 0.5) is 0 Å². The van der Waals surface area contributed by atoms with Crippen LogP contribution >= 0.6 is 0 Å². The van der Waals surface area contributed by atoms with Gasteiger partial charge in [-0.2, -0.15) is 0 Å². The number of hydrogen-bond donors (Lipinski definition) is 2. The van der Waals surface area contributed by atoms with Gasteiger partial charge in [-0.1, -0.05) is 12.8 Å². The zero-order chi connectivity index (χ0) is 11.3. The minimum Gasteiger partial charge on any atom is -0.481 e. The maximum Gasteiger partial charge on any atom is 0.306 e. The van der Waals surface area contributed by atoms with Gasteiger partial charge in [0, 0.05) is 13.1 Å². The van der Waals surface area contributed by atoms with Gasteiger partial charge in [0.25, 0.3) is 0 Å². The van der Waals surface area contributed by atoms with E-state index in [0.29, 0.717) is 6.54 Å². The summed E-state index contributed by atoms with van der Waals surface area (Å²) in [6.45, 7) is 1.44. The molecule has 0 radical (unpaired) electrons. The minimum absolute atomic E-state index is 0.158. The molecule has 1 aliphatic carbocycles. The van der Waals surface area contributed by atoms with Gasteiger partial charge in [0.05, 0.1) is 12.5 Å². The van der Waals surface area contributed by atoms with E-state index in [1.165, 1.54) is 25.7 Å². The number of rotatable bonds is 6. The van der Waals surface area contributed by atoms with Crippen LogP contribution in [0.5, 0.6) is 0 Å². The van der Waals surface area contributed by atoms with Gasteiger partial charge in [-0.15, -0.1) is 0 Å². The summed E-state index contributed by atoms with van der Waals surface area (Å²) < 4.78 is 0. The minimum atomic E-state index is -0.934. The van der Waals surface area contributed by atoms with Crippen LogP contribution in [0.1, 0.15) is 32.1 Å². The van der Waals surface area contributed by atoms with E-state index >= 15 is 0 Å². The Hall–Kier alpha value is -0.610. The third-order valence-corrected chi connectivity index (χ3v) is 2.98. The Morgan fingerprint density at radius 3 is 2.60 bits per heavy atom. The number of aliphatic hydroxyl groups is 1. The smallest absolute Gasteiger partial charge is 0.306 e. The molecule has 1 aliphatic rings. The second kappa shape index (κ2) is 6.08. The van der Waals surface area contributed by atoms with Crippen molar-refractivity contribution in [3.8, 4) is 0 Å². The second-order valence-corrected chi connectivity index (χ2v) is 4.62. The molecule has 0 saturated heterocycles. The average Bonchev–Trinajstić information content (AvgIpc) is 2.53. The molecule has 4 heteroatoms. The number of nitrogens with zero attached hydrogens (tertiary/aromatic N) is 1. The van der Waals surface area contributed by atoms with E-state index in [0.717, 1.165) is 12.5 Å². The number of carboxylic acid groups (broad SMARTS) is 1. The summed E-state index contributed by atoms with van der Waals surface area (Å²) in [6, 6.07) is 0. The molecule has 0 aromatic carbocycles. The number of likely N-dealkylation sites (N-methyl/N-ethyl adjacent to an activating group) is 1. The molecule has 0 heterocycles. The molecule has 1 unspecified atom stereocenters. The Kier molecular flexibility index (Phi) is 5.05. The predicted octanol–water partition coefficient (Wildman–Crippen LogP) is 0.944. The van der Waals surface area contributed by atoms with Crippen LogP contribution in [0.15, 0.2) is 0 Å². The molecule has 0 aromatic heterocycles. The van der Waals surface area contributed by atoms with E-state index in [1.54, 1.807) is 0 Å². The van der Waals surface area contributed by atoms with Gasteiger partial charge in [0.1, 0.15) is 0 Å². The van der Waals surface area contributed by atoms with Crippen molar-refractivity contribution in [2.24, 2.45) is 5.92 Å². The van der Waals surface area contributed by atoms with Crippen molar-refractivity contribution < 1.29 is 15.0 Å². The summed E-state index contributed by atoms with van der Waals surface area (Å²) in [4.78, 5) is 12.4. The van der Waals surface area contributed by atoms with Gasteiger partial charge < -0.3 is 15.1 Å². The van der Waals surface area contributed by atoms with Crippen molar-refractivity contribution in [2.75, 3.05) is 20.1 Å². The molecule has 88 valence electrons. The molecule has 1 rings (SSSR count). The van der Waals surface area contributed by atoms with Crippen molar-refractivity contribution in [3.63, 3.8) is 0 Å². The van der Waals surface area contributed by atoms with Gasteiger partial charge in [-0.05, 0) is 25.8 Å². The number of aliphatic hydroxyl groups excluding tert-OH is 1. The van der Waals surface area contributed by atoms with Crippen molar-refractivity contribution in [3.05, 3.63) is 0 Å². The average molecular weight is 215 g/mol. The lowest BCUT2D eigenvalue weighted by Crippen LogP contribution is -2.33. The largest absolute Gasteiger partial charge is 0.481 e. The van der Waals surface area contributed by atoms with Crippen molar-refractivity contribution >= 4 is 5.97 Å². The quantitative estimate of drug-likeness (QED) is 0.692. The molecule has 0 bridgehead atoms. The number of carboxylic acids is 1. The number of carbonyl (C=O) groups is 1. The first kappa shape index (κ1) is 12.5. The second-order valence-electron chi connectivity index (χ2n) is 4.62. The third kappa shape index (κ3) is 5.14. The Balaban J connectivity index is 2.16. The van der Waals surface area contributed by atoms with Crippen LogP contribution < -0.4 is 0 Å². The molecular weight excluding hydrogens is 194 g/mol. The number of aliphatic carboxylic acids is 1. The molecule has 15 heavy (non-hydrogen) atoms. The Labute approximate surface area is 90.9 Å². The highest BCUT2D eigenvalue weighted by molar-refractivity contribution is 5.67. The Bertz CT molecular complexity index is 202. The van der Waals surface area contributed by atoms with E-state index in [1.807, 2.05) is 11.9 Å². The highest BCUT2D eigenvalue weighted by Gasteiger charge is 2.18. The van der Waals surface area contributed by atoms with Crippen LogP contribution in [-0.2, 0) is 4.79 Å². The molecule has 0 amide bonds. The fourth-order valence-corrected chi connectivity index (χ4v) is 2.33. The molecular formula is C11H21NO3. The summed E-state index contributed by atoms with van der Waals surface area (Å²) >= 11 is 0. The fraction of sp³-hybridized carbons (Fsp3) is 0.909. The number of hydrogen-bond acceptors (Lipinski definition) is 3. The first-order chi connectivity index (χ1) is 7.08. The highest BCUT2D eigenvalue weighted by atomic mass is 16.4. The van der Waals surface area contributed by atoms with Gasteiger partial charge in [-0.3, -0.25) is 4.79 Å². The fourth-order valence-electron chi connectivity index (χ4n) is 2.33. The van der Waals surface area contributed by atoms with E-state index in [9.17, 15) is 9.90 Å². The monoisotopic (exact) mass is 215 g/mol. The van der Waals surface area contributed by atoms with Crippen molar-refractivity contribution in [2.45, 2.75) is 38.2 Å². The van der Waals surface area contributed by atoms with E-state index in [4.69, 9.17) is 5.11 Å². The first-order valence-electron chi connectivity index (χ1n) is 5.66. The lowest BCUT2D eigenvalue weighted by atomic mass is 10.1. The predicted molar refractivity (Wildman–Crippen MR) is 57.7 cm³/mol. The highest BCUT2D eigenvalue weighted by Crippen LogP contribution is 2.25. The SMILES string of the molecule is CN(CC(O)CC(=O)O)CC1CCCC1. The maximum absolute atomic E-state index is 10.4. The molecule has 1 atom stereocenters. The molecule has 4 nitrogen and oxygen atoms in total. The molecule has 0 aliphatic heterocycles. The van der Waals surface area contributed by atoms with Crippen LogP contribution in [0.25, 0.3) is 0 Å². The normalized spacial score (nSPS) is 19.7. The summed E-state index contributed by atoms with van der Waals surface area (Å²) in [5.74, 6) is -0.191. The third-order valence-electron chi connectivity index (χ3n) is 2.98. The summed E-state index contributed by atoms with van der Waals surface area (Å²) in [5.41, 5.74) is 0. The van der Waals surface area contributed by atoms with Crippen molar-refractivity contribution in [1.29, 1.82) is 0 Å². The van der Waals surface area contributed by atoms with E-state index < -0.39 is 12.1 Å². The van der Waals surface area contributed by atoms with Crippen LogP contribution in [0.2, 0.25) is 0 Å². The zero-order valence-corrected chi connectivity index (χ0v) is 9.35. The van der Waals surface area contributed by atoms with E-state index in [-0.39, 0.29) is 6.42 Å². The van der Waals surface area contributed by atoms with Gasteiger partial charge in [0.15, 0.2) is 0 Å². The molecule has 1 saturated carbocycles. The van der Waals surface area contributed by atoms with Gasteiger partial charge >= 0.3 is 5.97 Å². The molecule has 1 fully saturated rings. The Morgan fingerprint density at radius 1 is 1.47 bits per heavy atom. The summed E-state index contributed by atoms with van der Waals surface area (Å²) in [7, 11) is 1.95.